The second-order valence-electron chi connectivity index (χ2n) is 6.96. The molecule has 33 heavy (non-hydrogen) atoms. The highest BCUT2D eigenvalue weighted by atomic mass is 79.9. The van der Waals surface area contributed by atoms with Crippen molar-refractivity contribution in [3.8, 4) is 18.0 Å². The van der Waals surface area contributed by atoms with Gasteiger partial charge in [0, 0.05) is 26.2 Å². The van der Waals surface area contributed by atoms with Crippen molar-refractivity contribution < 1.29 is 4.74 Å². The number of nitrogens with zero attached hydrogens (tertiary/aromatic N) is 4. The molecule has 9 nitrogen and oxygen atoms in total. The van der Waals surface area contributed by atoms with Crippen LogP contribution in [0.3, 0.4) is 0 Å². The number of benzene rings is 2. The minimum atomic E-state index is -0.740. The number of nitrogen functional groups attached to an aromatic ring is 2. The van der Waals surface area contributed by atoms with E-state index < -0.39 is 6.04 Å². The summed E-state index contributed by atoms with van der Waals surface area (Å²) >= 11 is 9.76. The van der Waals surface area contributed by atoms with Crippen LogP contribution in [0.25, 0.3) is 0 Å². The Morgan fingerprint density at radius 1 is 1.21 bits per heavy atom. The highest BCUT2D eigenvalue weighted by molar-refractivity contribution is 9.10. The van der Waals surface area contributed by atoms with E-state index in [4.69, 9.17) is 33.1 Å². The zero-order valence-corrected chi connectivity index (χ0v) is 19.3. The minimum absolute atomic E-state index is 0.0253. The lowest BCUT2D eigenvalue weighted by Crippen LogP contribution is -2.33. The van der Waals surface area contributed by atoms with Crippen molar-refractivity contribution >= 4 is 50.8 Å². The Morgan fingerprint density at radius 3 is 2.73 bits per heavy atom. The van der Waals surface area contributed by atoms with E-state index in [2.05, 4.69) is 36.5 Å². The number of rotatable bonds is 4. The van der Waals surface area contributed by atoms with Gasteiger partial charge < -0.3 is 21.5 Å². The lowest BCUT2D eigenvalue weighted by atomic mass is 9.94. The number of nitriles is 2. The van der Waals surface area contributed by atoms with Crippen LogP contribution in [-0.4, -0.2) is 10.9 Å². The van der Waals surface area contributed by atoms with Gasteiger partial charge in [0.05, 0.1) is 5.69 Å². The van der Waals surface area contributed by atoms with Gasteiger partial charge in [-0.2, -0.15) is 10.5 Å². The minimum Gasteiger partial charge on any atom is -0.488 e. The molecule has 11 heteroatoms. The number of hydrogen-bond donors (Lipinski definition) is 4. The third-order valence-electron chi connectivity index (χ3n) is 4.97. The van der Waals surface area contributed by atoms with Gasteiger partial charge in [0.2, 0.25) is 5.96 Å². The zero-order chi connectivity index (χ0) is 23.5. The molecular formula is C22H16BrClN8O. The monoisotopic (exact) mass is 522 g/mol. The summed E-state index contributed by atoms with van der Waals surface area (Å²) < 4.78 is 6.88. The van der Waals surface area contributed by atoms with Gasteiger partial charge >= 0.3 is 0 Å². The lowest BCUT2D eigenvalue weighted by Gasteiger charge is -2.27. The fraction of sp³-hybridized carbons (Fsp3) is 0.0909. The first-order valence-corrected chi connectivity index (χ1v) is 10.7. The summed E-state index contributed by atoms with van der Waals surface area (Å²) in [5.74, 6) is 0.940. The average molecular weight is 524 g/mol. The first kappa shape index (κ1) is 22.2. The van der Waals surface area contributed by atoms with Crippen molar-refractivity contribution in [3.63, 3.8) is 0 Å². The molecule has 0 spiro atoms. The number of aromatic nitrogens is 1. The predicted molar refractivity (Wildman–Crippen MR) is 129 cm³/mol. The number of nitrogens with one attached hydrogen (secondary N) is 2. The molecule has 0 aliphatic carbocycles. The molecule has 0 saturated heterocycles. The molecule has 1 aliphatic rings. The number of hydrogen-bond acceptors (Lipinski definition) is 9. The van der Waals surface area contributed by atoms with Crippen molar-refractivity contribution in [2.75, 3.05) is 16.8 Å². The summed E-state index contributed by atoms with van der Waals surface area (Å²) in [7, 11) is 0. The smallest absolute Gasteiger partial charge is 0.211 e. The van der Waals surface area contributed by atoms with E-state index in [0.29, 0.717) is 27.7 Å². The summed E-state index contributed by atoms with van der Waals surface area (Å²) in [5.41, 5.74) is 14.3. The summed E-state index contributed by atoms with van der Waals surface area (Å²) in [6.07, 6.45) is 1.83. The molecule has 164 valence electrons. The van der Waals surface area contributed by atoms with Gasteiger partial charge in [-0.25, -0.2) is 9.98 Å². The maximum absolute atomic E-state index is 9.52. The topological polar surface area (TPSA) is 158 Å². The lowest BCUT2D eigenvalue weighted by molar-refractivity contribution is 0.302. The maximum atomic E-state index is 9.52. The molecular weight excluding hydrogens is 508 g/mol. The largest absolute Gasteiger partial charge is 0.488 e. The fourth-order valence-corrected chi connectivity index (χ4v) is 4.01. The Hall–Kier alpha value is -3.99. The Labute approximate surface area is 202 Å². The van der Waals surface area contributed by atoms with E-state index in [9.17, 15) is 5.26 Å². The van der Waals surface area contributed by atoms with Crippen molar-refractivity contribution in [2.45, 2.75) is 12.6 Å². The van der Waals surface area contributed by atoms with Crippen molar-refractivity contribution in [1.29, 1.82) is 10.5 Å². The van der Waals surface area contributed by atoms with Gasteiger partial charge in [-0.1, -0.05) is 45.7 Å². The molecule has 4 rings (SSSR count). The maximum Gasteiger partial charge on any atom is 0.211 e. The Bertz CT molecular complexity index is 1360. The highest BCUT2D eigenvalue weighted by Crippen LogP contribution is 2.44. The average Bonchev–Trinajstić information content (AvgIpc) is 2.79. The second-order valence-corrected chi connectivity index (χ2v) is 8.29. The van der Waals surface area contributed by atoms with Crippen LogP contribution in [0.2, 0.25) is 5.02 Å². The quantitative estimate of drug-likeness (QED) is 0.294. The van der Waals surface area contributed by atoms with Crippen LogP contribution < -0.4 is 26.8 Å². The molecule has 0 amide bonds. The van der Waals surface area contributed by atoms with E-state index >= 15 is 0 Å². The van der Waals surface area contributed by atoms with E-state index in [1.807, 2.05) is 42.6 Å². The molecule has 0 fully saturated rings. The van der Waals surface area contributed by atoms with E-state index in [0.717, 1.165) is 10.0 Å². The van der Waals surface area contributed by atoms with Gasteiger partial charge in [0.25, 0.3) is 0 Å². The highest BCUT2D eigenvalue weighted by Gasteiger charge is 2.31. The summed E-state index contributed by atoms with van der Waals surface area (Å²) in [6.45, 7) is 0.220. The number of pyridine rings is 1. The first-order chi connectivity index (χ1) is 15.9. The number of ether oxygens (including phenoxy) is 1. The Balaban J connectivity index is 1.84. The van der Waals surface area contributed by atoms with Crippen LogP contribution in [-0.2, 0) is 6.61 Å². The Morgan fingerprint density at radius 2 is 2.00 bits per heavy atom. The van der Waals surface area contributed by atoms with Crippen LogP contribution in [0.1, 0.15) is 28.3 Å². The summed E-state index contributed by atoms with van der Waals surface area (Å²) in [5, 5.41) is 24.6. The number of nitrogens with two attached hydrogens (primary N) is 2. The molecule has 3 aromatic rings. The van der Waals surface area contributed by atoms with Crippen LogP contribution in [0.5, 0.6) is 5.75 Å². The van der Waals surface area contributed by atoms with Gasteiger partial charge in [0.1, 0.15) is 41.7 Å². The van der Waals surface area contributed by atoms with Gasteiger partial charge in [-0.15, -0.1) is 0 Å². The van der Waals surface area contributed by atoms with Gasteiger partial charge in [-0.05, 0) is 24.3 Å². The molecule has 1 aromatic heterocycles. The van der Waals surface area contributed by atoms with Crippen molar-refractivity contribution in [2.24, 2.45) is 4.99 Å². The fourth-order valence-electron chi connectivity index (χ4n) is 3.44. The second kappa shape index (κ2) is 9.25. The van der Waals surface area contributed by atoms with Crippen LogP contribution in [0, 0.1) is 22.8 Å². The third-order valence-corrected chi connectivity index (χ3v) is 5.83. The summed E-state index contributed by atoms with van der Waals surface area (Å²) in [4.78, 5) is 8.87. The van der Waals surface area contributed by atoms with E-state index in [-0.39, 0.29) is 29.6 Å². The number of aliphatic imine (C=N–C) groups is 1. The van der Waals surface area contributed by atoms with Gasteiger partial charge in [0.15, 0.2) is 6.19 Å². The molecule has 2 heterocycles. The normalized spacial score (nSPS) is 14.2. The number of fused-ring (bicyclic) bond motifs is 1. The molecule has 1 unspecified atom stereocenters. The third kappa shape index (κ3) is 4.35. The zero-order valence-electron chi connectivity index (χ0n) is 16.9. The molecule has 0 radical (unpaired) electrons. The summed E-state index contributed by atoms with van der Waals surface area (Å²) in [6, 6.07) is 14.1. The van der Waals surface area contributed by atoms with E-state index in [1.54, 1.807) is 12.1 Å². The molecule has 2 aromatic carbocycles. The standard InChI is InChI=1S/C22H16BrClN8O/c23-12-5-6-16(33-9-11-3-1-2-4-15(11)24)13(7-12)19-17-18(27)14(8-25)20(28)31-21(17)32-22(30-19)29-10-26/h1-7,19H,9H2,(H6,27,28,29,30,31,32). The molecule has 0 saturated carbocycles. The molecule has 1 atom stereocenters. The van der Waals surface area contributed by atoms with Crippen LogP contribution in [0.15, 0.2) is 51.9 Å². The van der Waals surface area contributed by atoms with Crippen LogP contribution in [0.4, 0.5) is 17.3 Å². The first-order valence-electron chi connectivity index (χ1n) is 9.57. The number of halogens is 2. The number of anilines is 3. The van der Waals surface area contributed by atoms with Gasteiger partial charge in [-0.3, -0.25) is 5.32 Å². The van der Waals surface area contributed by atoms with Crippen LogP contribution >= 0.6 is 27.5 Å². The SMILES string of the molecule is N#CNC1=NC(c2cc(Br)ccc2OCc2ccccc2Cl)c2c(nc(N)c(C#N)c2N)N1. The molecule has 6 N–H and O–H groups in total. The van der Waals surface area contributed by atoms with Crippen molar-refractivity contribution in [3.05, 3.63) is 74.2 Å². The van der Waals surface area contributed by atoms with E-state index in [1.165, 1.54) is 0 Å². The molecule has 0 bridgehead atoms. The van der Waals surface area contributed by atoms with Crippen molar-refractivity contribution in [1.82, 2.24) is 10.3 Å². The predicted octanol–water partition coefficient (Wildman–Crippen LogP) is 4.05. The number of guanidine groups is 1. The Kier molecular flexibility index (Phi) is 6.22. The molecule has 1 aliphatic heterocycles.